The van der Waals surface area contributed by atoms with Crippen molar-refractivity contribution in [2.24, 2.45) is 0 Å². The molecule has 0 spiro atoms. The highest BCUT2D eigenvalue weighted by atomic mass is 19.1. The van der Waals surface area contributed by atoms with Crippen LogP contribution in [0.1, 0.15) is 24.5 Å². The van der Waals surface area contributed by atoms with Crippen LogP contribution in [0.4, 0.5) is 10.1 Å². The van der Waals surface area contributed by atoms with Crippen molar-refractivity contribution in [1.29, 1.82) is 0 Å². The van der Waals surface area contributed by atoms with E-state index >= 15 is 0 Å². The Labute approximate surface area is 165 Å². The van der Waals surface area contributed by atoms with Gasteiger partial charge in [0, 0.05) is 49.0 Å². The molecule has 0 saturated carbocycles. The Bertz CT molecular complexity index is 964. The molecule has 0 unspecified atom stereocenters. The van der Waals surface area contributed by atoms with Gasteiger partial charge in [0.15, 0.2) is 0 Å². The summed E-state index contributed by atoms with van der Waals surface area (Å²) in [6.45, 7) is 5.25. The summed E-state index contributed by atoms with van der Waals surface area (Å²) in [4.78, 5) is 20.5. The summed E-state index contributed by atoms with van der Waals surface area (Å²) < 4.78 is 13.2. The lowest BCUT2D eigenvalue weighted by atomic mass is 10.1. The molecular formula is C23H26FN3O. The van der Waals surface area contributed by atoms with Gasteiger partial charge in [-0.2, -0.15) is 0 Å². The van der Waals surface area contributed by atoms with Crippen LogP contribution in [-0.2, 0) is 17.6 Å². The molecule has 28 heavy (non-hydrogen) atoms. The van der Waals surface area contributed by atoms with Gasteiger partial charge >= 0.3 is 0 Å². The minimum absolute atomic E-state index is 0.170. The number of anilines is 1. The molecule has 4 nitrogen and oxygen atoms in total. The fraction of sp³-hybridized carbons (Fsp3) is 0.348. The molecule has 1 fully saturated rings. The number of nitrogens with one attached hydrogen (secondary N) is 1. The van der Waals surface area contributed by atoms with Crippen molar-refractivity contribution in [3.8, 4) is 0 Å². The molecule has 0 radical (unpaired) electrons. The summed E-state index contributed by atoms with van der Waals surface area (Å²) in [6.07, 6.45) is 4.28. The van der Waals surface area contributed by atoms with Crippen molar-refractivity contribution in [2.45, 2.75) is 26.2 Å². The molecule has 1 amide bonds. The molecule has 1 aliphatic rings. The number of benzene rings is 2. The molecule has 0 aliphatic carbocycles. The van der Waals surface area contributed by atoms with E-state index in [4.69, 9.17) is 0 Å². The second kappa shape index (κ2) is 8.05. The number of carbonyl (C=O) groups excluding carboxylic acids is 1. The third-order valence-corrected chi connectivity index (χ3v) is 5.65. The van der Waals surface area contributed by atoms with Gasteiger partial charge in [0.2, 0.25) is 5.91 Å². The maximum atomic E-state index is 13.2. The van der Waals surface area contributed by atoms with Crippen LogP contribution >= 0.6 is 0 Å². The maximum Gasteiger partial charge on any atom is 0.227 e. The molecule has 1 saturated heterocycles. The van der Waals surface area contributed by atoms with Crippen molar-refractivity contribution in [2.75, 3.05) is 31.1 Å². The summed E-state index contributed by atoms with van der Waals surface area (Å²) in [5, 5.41) is 1.15. The average molecular weight is 379 g/mol. The molecule has 1 aromatic heterocycles. The molecule has 0 atom stereocenters. The fourth-order valence-corrected chi connectivity index (χ4v) is 4.07. The number of aromatic nitrogens is 1. The molecule has 1 aliphatic heterocycles. The highest BCUT2D eigenvalue weighted by Gasteiger charge is 2.20. The average Bonchev–Trinajstić information content (AvgIpc) is 2.96. The summed E-state index contributed by atoms with van der Waals surface area (Å²) in [7, 11) is 0. The third kappa shape index (κ3) is 3.75. The number of para-hydroxylation sites is 1. The minimum atomic E-state index is -0.222. The highest BCUT2D eigenvalue weighted by molar-refractivity contribution is 5.90. The standard InChI is InChI=1S/C23H26FN3O/c1-2-17-5-3-6-21-18(16-25-23(17)21)15-22(28)27-12-4-11-26(13-14-27)20-9-7-19(24)8-10-20/h3,5-10,16,25H,2,4,11-15H2,1H3. The Kier molecular flexibility index (Phi) is 5.33. The first-order valence-electron chi connectivity index (χ1n) is 10.0. The summed E-state index contributed by atoms with van der Waals surface area (Å²) in [6, 6.07) is 12.9. The summed E-state index contributed by atoms with van der Waals surface area (Å²) >= 11 is 0. The number of hydrogen-bond donors (Lipinski definition) is 1. The van der Waals surface area contributed by atoms with Gasteiger partial charge in [-0.3, -0.25) is 4.79 Å². The van der Waals surface area contributed by atoms with Gasteiger partial charge in [0.05, 0.1) is 6.42 Å². The number of hydrogen-bond acceptors (Lipinski definition) is 2. The van der Waals surface area contributed by atoms with E-state index in [9.17, 15) is 9.18 Å². The van der Waals surface area contributed by atoms with Crippen LogP contribution in [0.15, 0.2) is 48.7 Å². The number of fused-ring (bicyclic) bond motifs is 1. The number of halogens is 1. The minimum Gasteiger partial charge on any atom is -0.370 e. The normalized spacial score (nSPS) is 15.1. The number of H-pyrrole nitrogens is 1. The first-order valence-corrected chi connectivity index (χ1v) is 10.0. The Hall–Kier alpha value is -2.82. The van der Waals surface area contributed by atoms with Crippen LogP contribution in [0.5, 0.6) is 0 Å². The van der Waals surface area contributed by atoms with Crippen molar-refractivity contribution >= 4 is 22.5 Å². The number of amides is 1. The van der Waals surface area contributed by atoms with E-state index in [1.807, 2.05) is 23.2 Å². The lowest BCUT2D eigenvalue weighted by molar-refractivity contribution is -0.130. The molecule has 2 aromatic carbocycles. The van der Waals surface area contributed by atoms with E-state index in [0.717, 1.165) is 54.6 Å². The first kappa shape index (κ1) is 18.5. The van der Waals surface area contributed by atoms with Gasteiger partial charge in [-0.15, -0.1) is 0 Å². The second-order valence-corrected chi connectivity index (χ2v) is 7.38. The van der Waals surface area contributed by atoms with Gasteiger partial charge in [0.25, 0.3) is 0 Å². The van der Waals surface area contributed by atoms with Crippen LogP contribution in [0, 0.1) is 5.82 Å². The topological polar surface area (TPSA) is 39.3 Å². The number of rotatable bonds is 4. The van der Waals surface area contributed by atoms with Crippen molar-refractivity contribution < 1.29 is 9.18 Å². The van der Waals surface area contributed by atoms with E-state index in [0.29, 0.717) is 13.0 Å². The van der Waals surface area contributed by atoms with Gasteiger partial charge < -0.3 is 14.8 Å². The van der Waals surface area contributed by atoms with Gasteiger partial charge in [-0.25, -0.2) is 4.39 Å². The van der Waals surface area contributed by atoms with Crippen LogP contribution < -0.4 is 4.90 Å². The van der Waals surface area contributed by atoms with Crippen molar-refractivity contribution in [3.05, 3.63) is 65.6 Å². The maximum absolute atomic E-state index is 13.2. The SMILES string of the molecule is CCc1cccc2c(CC(=O)N3CCCN(c4ccc(F)cc4)CC3)c[nH]c12. The van der Waals surface area contributed by atoms with Crippen molar-refractivity contribution in [1.82, 2.24) is 9.88 Å². The van der Waals surface area contributed by atoms with Crippen LogP contribution in [0.25, 0.3) is 10.9 Å². The first-order chi connectivity index (χ1) is 13.7. The number of aromatic amines is 1. The molecule has 2 heterocycles. The highest BCUT2D eigenvalue weighted by Crippen LogP contribution is 2.23. The van der Waals surface area contributed by atoms with Gasteiger partial charge in [-0.1, -0.05) is 25.1 Å². The smallest absolute Gasteiger partial charge is 0.227 e. The van der Waals surface area contributed by atoms with E-state index in [1.165, 1.54) is 17.7 Å². The summed E-state index contributed by atoms with van der Waals surface area (Å²) in [5.74, 6) is -0.0518. The number of nitrogens with zero attached hydrogens (tertiary/aromatic N) is 2. The monoisotopic (exact) mass is 379 g/mol. The summed E-state index contributed by atoms with van der Waals surface area (Å²) in [5.41, 5.74) is 4.50. The molecular weight excluding hydrogens is 353 g/mol. The van der Waals surface area contributed by atoms with E-state index in [-0.39, 0.29) is 11.7 Å². The zero-order chi connectivity index (χ0) is 19.5. The molecule has 146 valence electrons. The van der Waals surface area contributed by atoms with Crippen LogP contribution in [0.3, 0.4) is 0 Å². The van der Waals surface area contributed by atoms with E-state index < -0.39 is 0 Å². The number of carbonyl (C=O) groups is 1. The Morgan fingerprint density at radius 1 is 1.04 bits per heavy atom. The van der Waals surface area contributed by atoms with E-state index in [1.54, 1.807) is 0 Å². The van der Waals surface area contributed by atoms with Crippen molar-refractivity contribution in [3.63, 3.8) is 0 Å². The Balaban J connectivity index is 1.44. The molecule has 3 aromatic rings. The number of aryl methyl sites for hydroxylation is 1. The predicted molar refractivity (Wildman–Crippen MR) is 111 cm³/mol. The third-order valence-electron chi connectivity index (χ3n) is 5.65. The largest absolute Gasteiger partial charge is 0.370 e. The molecule has 5 heteroatoms. The molecule has 1 N–H and O–H groups in total. The Morgan fingerprint density at radius 3 is 2.64 bits per heavy atom. The van der Waals surface area contributed by atoms with Crippen LogP contribution in [0.2, 0.25) is 0 Å². The Morgan fingerprint density at radius 2 is 1.86 bits per heavy atom. The zero-order valence-corrected chi connectivity index (χ0v) is 16.2. The van der Waals surface area contributed by atoms with Gasteiger partial charge in [0.1, 0.15) is 5.82 Å². The molecule has 4 rings (SSSR count). The van der Waals surface area contributed by atoms with Gasteiger partial charge in [-0.05, 0) is 48.2 Å². The predicted octanol–water partition coefficient (Wildman–Crippen LogP) is 4.15. The fourth-order valence-electron chi connectivity index (χ4n) is 4.07. The zero-order valence-electron chi connectivity index (χ0n) is 16.2. The second-order valence-electron chi connectivity index (χ2n) is 7.38. The lowest BCUT2D eigenvalue weighted by Gasteiger charge is -2.23. The lowest BCUT2D eigenvalue weighted by Crippen LogP contribution is -2.36. The van der Waals surface area contributed by atoms with E-state index in [2.05, 4.69) is 35.0 Å². The quantitative estimate of drug-likeness (QED) is 0.740. The molecule has 0 bridgehead atoms. The van der Waals surface area contributed by atoms with Crippen LogP contribution in [-0.4, -0.2) is 42.0 Å².